The number of hydrogen-bond donors (Lipinski definition) is 1. The summed E-state index contributed by atoms with van der Waals surface area (Å²) < 4.78 is 5.26. The standard InChI is InChI=1S/C31H41NO4/c1-21(2)17-22(3)28(33)20-25(18-24-11-13-26(36-5)14-12-24)30(35)32-27(29(34)31(4)15-16-31)19-23-9-7-6-8-10-23/h6-14,21-22,25,27H,15-20H2,1-5H3,(H,32,35)/t22-,25-,27+/m1/s1. The minimum absolute atomic E-state index is 0.0856. The van der Waals surface area contributed by atoms with E-state index in [9.17, 15) is 14.4 Å². The molecule has 0 radical (unpaired) electrons. The van der Waals surface area contributed by atoms with E-state index < -0.39 is 12.0 Å². The lowest BCUT2D eigenvalue weighted by molar-refractivity contribution is -0.134. The number of ether oxygens (including phenoxy) is 1. The summed E-state index contributed by atoms with van der Waals surface area (Å²) in [7, 11) is 1.62. The third-order valence-electron chi connectivity index (χ3n) is 7.34. The van der Waals surface area contributed by atoms with Crippen molar-refractivity contribution in [3.63, 3.8) is 0 Å². The van der Waals surface area contributed by atoms with Crippen LogP contribution in [0.2, 0.25) is 0 Å². The lowest BCUT2D eigenvalue weighted by atomic mass is 9.86. The highest BCUT2D eigenvalue weighted by molar-refractivity contribution is 5.96. The fourth-order valence-electron chi connectivity index (χ4n) is 4.79. The first kappa shape index (κ1) is 27.6. The predicted molar refractivity (Wildman–Crippen MR) is 143 cm³/mol. The normalized spacial score (nSPS) is 16.6. The maximum Gasteiger partial charge on any atom is 0.224 e. The van der Waals surface area contributed by atoms with Gasteiger partial charge < -0.3 is 10.1 Å². The van der Waals surface area contributed by atoms with Gasteiger partial charge >= 0.3 is 0 Å². The van der Waals surface area contributed by atoms with Gasteiger partial charge in [0, 0.05) is 23.7 Å². The summed E-state index contributed by atoms with van der Waals surface area (Å²) in [6.45, 7) is 8.12. The molecule has 1 amide bonds. The number of Topliss-reactive ketones (excluding diaryl/α,β-unsaturated/α-hetero) is 2. The molecule has 0 unspecified atom stereocenters. The molecular formula is C31H41NO4. The summed E-state index contributed by atoms with van der Waals surface area (Å²) in [6.07, 6.45) is 3.55. The van der Waals surface area contributed by atoms with Crippen molar-refractivity contribution in [2.24, 2.45) is 23.2 Å². The average Bonchev–Trinajstić information content (AvgIpc) is 3.61. The van der Waals surface area contributed by atoms with Crippen molar-refractivity contribution in [2.45, 2.75) is 72.3 Å². The fraction of sp³-hybridized carbons (Fsp3) is 0.516. The fourth-order valence-corrected chi connectivity index (χ4v) is 4.79. The van der Waals surface area contributed by atoms with Crippen LogP contribution in [0.15, 0.2) is 54.6 Å². The number of ketones is 2. The second-order valence-corrected chi connectivity index (χ2v) is 11.1. The van der Waals surface area contributed by atoms with Crippen molar-refractivity contribution in [2.75, 3.05) is 7.11 Å². The van der Waals surface area contributed by atoms with Crippen LogP contribution in [-0.4, -0.2) is 30.6 Å². The smallest absolute Gasteiger partial charge is 0.224 e. The molecule has 2 aromatic rings. The molecule has 0 aromatic heterocycles. The molecule has 0 bridgehead atoms. The largest absolute Gasteiger partial charge is 0.497 e. The highest BCUT2D eigenvalue weighted by atomic mass is 16.5. The summed E-state index contributed by atoms with van der Waals surface area (Å²) in [6, 6.07) is 16.8. The topological polar surface area (TPSA) is 72.5 Å². The molecule has 0 heterocycles. The van der Waals surface area contributed by atoms with E-state index >= 15 is 0 Å². The van der Waals surface area contributed by atoms with E-state index in [4.69, 9.17) is 4.74 Å². The lowest BCUT2D eigenvalue weighted by Crippen LogP contribution is -2.48. The zero-order valence-electron chi connectivity index (χ0n) is 22.4. The SMILES string of the molecule is COc1ccc(C[C@H](CC(=O)[C@H](C)CC(C)C)C(=O)N[C@@H](Cc2ccccc2)C(=O)C2(C)CC2)cc1. The van der Waals surface area contributed by atoms with Crippen LogP contribution in [-0.2, 0) is 27.2 Å². The Bertz CT molecular complexity index is 1020. The Morgan fingerprint density at radius 1 is 0.917 bits per heavy atom. The van der Waals surface area contributed by atoms with Gasteiger partial charge in [0.15, 0.2) is 5.78 Å². The summed E-state index contributed by atoms with van der Waals surface area (Å²) >= 11 is 0. The minimum atomic E-state index is -0.603. The number of nitrogens with one attached hydrogen (secondary N) is 1. The van der Waals surface area contributed by atoms with Crippen LogP contribution in [0.4, 0.5) is 0 Å². The monoisotopic (exact) mass is 491 g/mol. The van der Waals surface area contributed by atoms with Gasteiger partial charge in [0.25, 0.3) is 0 Å². The third-order valence-corrected chi connectivity index (χ3v) is 7.34. The molecule has 0 aliphatic heterocycles. The molecule has 5 nitrogen and oxygen atoms in total. The molecule has 3 atom stereocenters. The number of carbonyl (C=O) groups excluding carboxylic acids is 3. The summed E-state index contributed by atoms with van der Waals surface area (Å²) in [5.74, 6) is 0.453. The van der Waals surface area contributed by atoms with Gasteiger partial charge in [0.1, 0.15) is 11.5 Å². The molecule has 1 fully saturated rings. The Hall–Kier alpha value is -2.95. The summed E-state index contributed by atoms with van der Waals surface area (Å²) in [4.78, 5) is 40.1. The number of methoxy groups -OCH3 is 1. The Balaban J connectivity index is 1.80. The lowest BCUT2D eigenvalue weighted by Gasteiger charge is -2.25. The summed E-state index contributed by atoms with van der Waals surface area (Å²) in [5.41, 5.74) is 1.61. The highest BCUT2D eigenvalue weighted by Crippen LogP contribution is 2.46. The molecule has 194 valence electrons. The van der Waals surface area contributed by atoms with Gasteiger partial charge in [-0.25, -0.2) is 0 Å². The van der Waals surface area contributed by atoms with Crippen molar-refractivity contribution in [1.29, 1.82) is 0 Å². The van der Waals surface area contributed by atoms with E-state index in [1.54, 1.807) is 7.11 Å². The van der Waals surface area contributed by atoms with Crippen LogP contribution in [0, 0.1) is 23.2 Å². The molecule has 36 heavy (non-hydrogen) atoms. The van der Waals surface area contributed by atoms with Crippen molar-refractivity contribution in [3.8, 4) is 5.75 Å². The second-order valence-electron chi connectivity index (χ2n) is 11.1. The molecule has 1 aliphatic rings. The first-order chi connectivity index (χ1) is 17.1. The Morgan fingerprint density at radius 2 is 1.53 bits per heavy atom. The van der Waals surface area contributed by atoms with Gasteiger partial charge in [0.05, 0.1) is 13.2 Å². The number of benzene rings is 2. The molecule has 1 saturated carbocycles. The Morgan fingerprint density at radius 3 is 2.08 bits per heavy atom. The Kier molecular flexibility index (Phi) is 9.47. The van der Waals surface area contributed by atoms with Crippen molar-refractivity contribution in [3.05, 3.63) is 65.7 Å². The molecule has 0 spiro atoms. The van der Waals surface area contributed by atoms with Crippen LogP contribution >= 0.6 is 0 Å². The molecule has 0 saturated heterocycles. The predicted octanol–water partition coefficient (Wildman–Crippen LogP) is 5.59. The van der Waals surface area contributed by atoms with E-state index in [-0.39, 0.29) is 35.2 Å². The quantitative estimate of drug-likeness (QED) is 0.374. The Labute approximate surface area is 216 Å². The van der Waals surface area contributed by atoms with Crippen molar-refractivity contribution >= 4 is 17.5 Å². The molecule has 3 rings (SSSR count). The van der Waals surface area contributed by atoms with Crippen LogP contribution in [0.3, 0.4) is 0 Å². The number of carbonyl (C=O) groups is 3. The van der Waals surface area contributed by atoms with E-state index in [1.165, 1.54) is 0 Å². The second kappa shape index (κ2) is 12.3. The maximum atomic E-state index is 13.7. The van der Waals surface area contributed by atoms with Crippen molar-refractivity contribution < 1.29 is 19.1 Å². The van der Waals surface area contributed by atoms with Gasteiger partial charge in [-0.05, 0) is 61.3 Å². The van der Waals surface area contributed by atoms with Crippen LogP contribution in [0.25, 0.3) is 0 Å². The zero-order valence-corrected chi connectivity index (χ0v) is 22.4. The van der Waals surface area contributed by atoms with Crippen LogP contribution in [0.1, 0.15) is 64.5 Å². The van der Waals surface area contributed by atoms with Crippen LogP contribution < -0.4 is 10.1 Å². The van der Waals surface area contributed by atoms with Gasteiger partial charge in [-0.3, -0.25) is 14.4 Å². The summed E-state index contributed by atoms with van der Waals surface area (Å²) in [5, 5.41) is 3.07. The van der Waals surface area contributed by atoms with Gasteiger partial charge in [-0.2, -0.15) is 0 Å². The van der Waals surface area contributed by atoms with E-state index in [0.29, 0.717) is 18.8 Å². The average molecular weight is 492 g/mol. The molecule has 5 heteroatoms. The third kappa shape index (κ3) is 7.78. The molecule has 1 N–H and O–H groups in total. The first-order valence-electron chi connectivity index (χ1n) is 13.2. The first-order valence-corrected chi connectivity index (χ1v) is 13.2. The molecule has 1 aliphatic carbocycles. The number of hydrogen-bond acceptors (Lipinski definition) is 4. The van der Waals surface area contributed by atoms with Gasteiger partial charge in [-0.15, -0.1) is 0 Å². The van der Waals surface area contributed by atoms with Crippen LogP contribution in [0.5, 0.6) is 5.75 Å². The molecule has 2 aromatic carbocycles. The number of amides is 1. The number of rotatable bonds is 14. The van der Waals surface area contributed by atoms with E-state index in [1.807, 2.05) is 68.4 Å². The zero-order chi connectivity index (χ0) is 26.3. The van der Waals surface area contributed by atoms with Crippen molar-refractivity contribution in [1.82, 2.24) is 5.32 Å². The molecular weight excluding hydrogens is 450 g/mol. The van der Waals surface area contributed by atoms with E-state index in [0.717, 1.165) is 36.1 Å². The van der Waals surface area contributed by atoms with E-state index in [2.05, 4.69) is 19.2 Å². The maximum absolute atomic E-state index is 13.7. The van der Waals surface area contributed by atoms with Gasteiger partial charge in [-0.1, -0.05) is 70.2 Å². The highest BCUT2D eigenvalue weighted by Gasteiger charge is 2.48. The minimum Gasteiger partial charge on any atom is -0.497 e. The van der Waals surface area contributed by atoms with Gasteiger partial charge in [0.2, 0.25) is 5.91 Å².